The molecule has 0 radical (unpaired) electrons. The van der Waals surface area contributed by atoms with Crippen molar-refractivity contribution in [1.29, 1.82) is 5.26 Å². The fourth-order valence-electron chi connectivity index (χ4n) is 2.39. The molecule has 1 nitrogen and oxygen atoms in total. The van der Waals surface area contributed by atoms with Gasteiger partial charge in [0.2, 0.25) is 0 Å². The molecule has 19 heavy (non-hydrogen) atoms. The summed E-state index contributed by atoms with van der Waals surface area (Å²) in [6, 6.07) is 19.1. The third-order valence-corrected chi connectivity index (χ3v) is 4.39. The first kappa shape index (κ1) is 12.1. The molecule has 0 aromatic heterocycles. The highest BCUT2D eigenvalue weighted by Gasteiger charge is 2.17. The molecular weight excluding hydrogens is 250 g/mol. The van der Waals surface area contributed by atoms with E-state index >= 15 is 0 Å². The molecule has 1 aliphatic rings. The van der Waals surface area contributed by atoms with Gasteiger partial charge >= 0.3 is 0 Å². The highest BCUT2D eigenvalue weighted by Crippen LogP contribution is 2.39. The summed E-state index contributed by atoms with van der Waals surface area (Å²) in [4.78, 5) is 1.29. The summed E-state index contributed by atoms with van der Waals surface area (Å²) in [5.74, 6) is 0.983. The Labute approximate surface area is 117 Å². The molecule has 0 amide bonds. The van der Waals surface area contributed by atoms with E-state index in [0.717, 1.165) is 5.75 Å². The maximum absolute atomic E-state index is 8.86. The van der Waals surface area contributed by atoms with Crippen LogP contribution in [0.4, 0.5) is 0 Å². The minimum atomic E-state index is 0.447. The third kappa shape index (κ3) is 2.30. The number of nitrogens with zero attached hydrogens (tertiary/aromatic N) is 1. The number of hydrogen-bond acceptors (Lipinski definition) is 2. The van der Waals surface area contributed by atoms with Gasteiger partial charge in [-0.1, -0.05) is 48.5 Å². The minimum Gasteiger partial charge on any atom is -0.198 e. The summed E-state index contributed by atoms with van der Waals surface area (Å²) in [6.07, 6.45) is 2.49. The van der Waals surface area contributed by atoms with E-state index in [2.05, 4.69) is 54.6 Å². The van der Waals surface area contributed by atoms with Crippen molar-refractivity contribution in [2.45, 2.75) is 17.1 Å². The molecule has 1 aliphatic heterocycles. The van der Waals surface area contributed by atoms with Gasteiger partial charge in [0.15, 0.2) is 0 Å². The van der Waals surface area contributed by atoms with E-state index in [1.54, 1.807) is 0 Å². The van der Waals surface area contributed by atoms with Crippen LogP contribution in [0.25, 0.3) is 5.57 Å². The van der Waals surface area contributed by atoms with Crippen LogP contribution in [-0.2, 0) is 5.75 Å². The van der Waals surface area contributed by atoms with Crippen LogP contribution in [-0.4, -0.2) is 0 Å². The second-order valence-electron chi connectivity index (χ2n) is 4.42. The Balaban J connectivity index is 2.23. The number of nitriles is 1. The maximum Gasteiger partial charge on any atom is 0.0663 e. The Bertz CT molecular complexity index is 630. The van der Waals surface area contributed by atoms with Crippen molar-refractivity contribution in [3.8, 4) is 6.07 Å². The molecule has 0 bridgehead atoms. The lowest BCUT2D eigenvalue weighted by molar-refractivity contribution is 1.32. The van der Waals surface area contributed by atoms with Gasteiger partial charge in [-0.05, 0) is 28.3 Å². The molecule has 0 saturated carbocycles. The zero-order valence-corrected chi connectivity index (χ0v) is 11.3. The largest absolute Gasteiger partial charge is 0.198 e. The van der Waals surface area contributed by atoms with Crippen LogP contribution in [0, 0.1) is 11.3 Å². The quantitative estimate of drug-likeness (QED) is 0.748. The monoisotopic (exact) mass is 263 g/mol. The molecule has 0 atom stereocenters. The molecule has 0 saturated heterocycles. The second kappa shape index (κ2) is 5.34. The number of hydrogen-bond donors (Lipinski definition) is 0. The Morgan fingerprint density at radius 2 is 1.79 bits per heavy atom. The Kier molecular flexibility index (Phi) is 3.39. The van der Waals surface area contributed by atoms with Crippen molar-refractivity contribution >= 4 is 17.3 Å². The van der Waals surface area contributed by atoms with Crippen LogP contribution in [0.1, 0.15) is 23.1 Å². The Hall–Kier alpha value is -1.98. The number of fused-ring (bicyclic) bond motifs is 2. The van der Waals surface area contributed by atoms with Gasteiger partial charge in [-0.15, -0.1) is 11.8 Å². The molecular formula is C17H13NS. The van der Waals surface area contributed by atoms with Gasteiger partial charge in [0.25, 0.3) is 0 Å². The summed E-state index contributed by atoms with van der Waals surface area (Å²) < 4.78 is 0. The van der Waals surface area contributed by atoms with Crippen LogP contribution in [0.2, 0.25) is 0 Å². The average molecular weight is 263 g/mol. The molecule has 92 valence electrons. The molecule has 0 spiro atoms. The molecule has 0 unspecified atom stereocenters. The lowest BCUT2D eigenvalue weighted by atomic mass is 9.94. The first-order chi connectivity index (χ1) is 9.40. The van der Waals surface area contributed by atoms with Gasteiger partial charge in [0, 0.05) is 10.6 Å². The van der Waals surface area contributed by atoms with Gasteiger partial charge in [-0.25, -0.2) is 0 Å². The van der Waals surface area contributed by atoms with Crippen molar-refractivity contribution in [3.05, 3.63) is 71.3 Å². The number of rotatable bonds is 1. The molecule has 2 aromatic rings. The molecule has 0 aliphatic carbocycles. The van der Waals surface area contributed by atoms with Gasteiger partial charge in [0.1, 0.15) is 0 Å². The summed E-state index contributed by atoms with van der Waals surface area (Å²) in [5, 5.41) is 8.86. The predicted molar refractivity (Wildman–Crippen MR) is 79.8 cm³/mol. The lowest BCUT2D eigenvalue weighted by Crippen LogP contribution is -1.91. The SMILES string of the molecule is N#CCC=C1c2ccccc2CSc2ccccc21. The van der Waals surface area contributed by atoms with Crippen LogP contribution >= 0.6 is 11.8 Å². The lowest BCUT2D eigenvalue weighted by Gasteiger charge is -2.10. The predicted octanol–water partition coefficient (Wildman–Crippen LogP) is 4.64. The van der Waals surface area contributed by atoms with E-state index in [1.165, 1.54) is 27.2 Å². The fourth-order valence-corrected chi connectivity index (χ4v) is 3.46. The van der Waals surface area contributed by atoms with Crippen molar-refractivity contribution in [2.75, 3.05) is 0 Å². The second-order valence-corrected chi connectivity index (χ2v) is 5.44. The van der Waals surface area contributed by atoms with Gasteiger partial charge in [-0.3, -0.25) is 0 Å². The summed E-state index contributed by atoms with van der Waals surface area (Å²) in [6.45, 7) is 0. The van der Waals surface area contributed by atoms with E-state index in [1.807, 2.05) is 17.8 Å². The molecule has 0 fully saturated rings. The number of benzene rings is 2. The standard InChI is InChI=1S/C17H13NS/c18-11-5-9-15-14-7-2-1-6-13(14)12-19-17-10-4-3-8-16(15)17/h1-4,6-10H,5,12H2. The Morgan fingerprint density at radius 1 is 1.05 bits per heavy atom. The van der Waals surface area contributed by atoms with Gasteiger partial charge in [-0.2, -0.15) is 5.26 Å². The van der Waals surface area contributed by atoms with Crippen molar-refractivity contribution in [3.63, 3.8) is 0 Å². The van der Waals surface area contributed by atoms with Gasteiger partial charge < -0.3 is 0 Å². The van der Waals surface area contributed by atoms with Crippen LogP contribution in [0.5, 0.6) is 0 Å². The van der Waals surface area contributed by atoms with E-state index in [4.69, 9.17) is 5.26 Å². The van der Waals surface area contributed by atoms with Crippen LogP contribution < -0.4 is 0 Å². The zero-order valence-electron chi connectivity index (χ0n) is 10.5. The van der Waals surface area contributed by atoms with Crippen LogP contribution in [0.3, 0.4) is 0 Å². The zero-order chi connectivity index (χ0) is 13.1. The van der Waals surface area contributed by atoms with E-state index in [-0.39, 0.29) is 0 Å². The molecule has 3 rings (SSSR count). The van der Waals surface area contributed by atoms with Crippen molar-refractivity contribution in [1.82, 2.24) is 0 Å². The highest BCUT2D eigenvalue weighted by molar-refractivity contribution is 7.98. The highest BCUT2D eigenvalue weighted by atomic mass is 32.2. The number of thioether (sulfide) groups is 1. The van der Waals surface area contributed by atoms with Crippen molar-refractivity contribution in [2.24, 2.45) is 0 Å². The maximum atomic E-state index is 8.86. The summed E-state index contributed by atoms with van der Waals surface area (Å²) in [7, 11) is 0. The number of allylic oxidation sites excluding steroid dienone is 1. The molecule has 2 heteroatoms. The summed E-state index contributed by atoms with van der Waals surface area (Å²) >= 11 is 1.87. The third-order valence-electron chi connectivity index (χ3n) is 3.27. The van der Waals surface area contributed by atoms with E-state index < -0.39 is 0 Å². The van der Waals surface area contributed by atoms with E-state index in [0.29, 0.717) is 6.42 Å². The smallest absolute Gasteiger partial charge is 0.0663 e. The summed E-state index contributed by atoms with van der Waals surface area (Å²) in [5.41, 5.74) is 5.04. The first-order valence-electron chi connectivity index (χ1n) is 6.28. The average Bonchev–Trinajstić information content (AvgIpc) is 2.62. The normalized spacial score (nSPS) is 15.2. The van der Waals surface area contributed by atoms with Crippen molar-refractivity contribution < 1.29 is 0 Å². The molecule has 0 N–H and O–H groups in total. The first-order valence-corrected chi connectivity index (χ1v) is 7.26. The van der Waals surface area contributed by atoms with Crippen LogP contribution in [0.15, 0.2) is 59.5 Å². The van der Waals surface area contributed by atoms with Gasteiger partial charge in [0.05, 0.1) is 12.5 Å². The molecule has 1 heterocycles. The molecule has 2 aromatic carbocycles. The Morgan fingerprint density at radius 3 is 2.63 bits per heavy atom. The fraction of sp³-hybridized carbons (Fsp3) is 0.118. The van der Waals surface area contributed by atoms with E-state index in [9.17, 15) is 0 Å². The topological polar surface area (TPSA) is 23.8 Å². The minimum absolute atomic E-state index is 0.447.